The minimum absolute atomic E-state index is 0.000863. The van der Waals surface area contributed by atoms with Gasteiger partial charge >= 0.3 is 0 Å². The molecule has 0 saturated carbocycles. The Morgan fingerprint density at radius 2 is 2.11 bits per heavy atom. The highest BCUT2D eigenvalue weighted by Gasteiger charge is 2.13. The Hall–Kier alpha value is -1.94. The van der Waals surface area contributed by atoms with E-state index in [1.165, 1.54) is 6.20 Å². The van der Waals surface area contributed by atoms with E-state index in [0.29, 0.717) is 10.6 Å². The monoisotopic (exact) mass is 275 g/mol. The van der Waals surface area contributed by atoms with Crippen molar-refractivity contribution in [2.45, 2.75) is 19.4 Å². The van der Waals surface area contributed by atoms with Crippen LogP contribution in [0.1, 0.15) is 22.8 Å². The Kier molecular flexibility index (Phi) is 4.47. The fourth-order valence-corrected chi connectivity index (χ4v) is 1.99. The summed E-state index contributed by atoms with van der Waals surface area (Å²) in [4.78, 5) is 19.9. The molecule has 1 N–H and O–H groups in total. The van der Waals surface area contributed by atoms with Gasteiger partial charge in [-0.3, -0.25) is 14.8 Å². The maximum atomic E-state index is 12.0. The number of carbonyl (C=O) groups is 1. The molecule has 0 aliphatic carbocycles. The lowest BCUT2D eigenvalue weighted by Gasteiger charge is -2.14. The predicted molar refractivity (Wildman–Crippen MR) is 74.1 cm³/mol. The second kappa shape index (κ2) is 6.29. The number of carbonyl (C=O) groups excluding carboxylic acids is 1. The molecule has 5 heteroatoms. The molecule has 1 atom stereocenters. The predicted octanol–water partition coefficient (Wildman–Crippen LogP) is 2.49. The number of hydrogen-bond donors (Lipinski definition) is 1. The van der Waals surface area contributed by atoms with Crippen LogP contribution in [-0.4, -0.2) is 21.9 Å². The van der Waals surface area contributed by atoms with Gasteiger partial charge in [0.2, 0.25) is 0 Å². The molecule has 0 aromatic carbocycles. The van der Waals surface area contributed by atoms with Crippen molar-refractivity contribution in [3.8, 4) is 0 Å². The first-order valence-corrected chi connectivity index (χ1v) is 6.34. The molecule has 0 aliphatic heterocycles. The Balaban J connectivity index is 1.98. The molecular formula is C14H14ClN3O. The summed E-state index contributed by atoms with van der Waals surface area (Å²) >= 11 is 5.93. The molecule has 2 aromatic rings. The van der Waals surface area contributed by atoms with Crippen LogP contribution in [0.4, 0.5) is 0 Å². The zero-order valence-electron chi connectivity index (χ0n) is 10.5. The first-order valence-electron chi connectivity index (χ1n) is 5.96. The summed E-state index contributed by atoms with van der Waals surface area (Å²) in [6.45, 7) is 1.94. The van der Waals surface area contributed by atoms with Gasteiger partial charge in [0.15, 0.2) is 0 Å². The molecule has 0 aliphatic rings. The van der Waals surface area contributed by atoms with E-state index in [9.17, 15) is 4.79 Å². The average molecular weight is 276 g/mol. The van der Waals surface area contributed by atoms with Crippen molar-refractivity contribution < 1.29 is 4.79 Å². The van der Waals surface area contributed by atoms with E-state index in [0.717, 1.165) is 12.0 Å². The largest absolute Gasteiger partial charge is 0.349 e. The normalized spacial score (nSPS) is 11.9. The van der Waals surface area contributed by atoms with Crippen LogP contribution in [0, 0.1) is 0 Å². The summed E-state index contributed by atoms with van der Waals surface area (Å²) in [7, 11) is 0. The lowest BCUT2D eigenvalue weighted by atomic mass is 10.1. The molecule has 0 saturated heterocycles. The SMILES string of the molecule is CC(Cc1cccnc1)NC(=O)c1ccncc1Cl. The van der Waals surface area contributed by atoms with Crippen molar-refractivity contribution in [1.82, 2.24) is 15.3 Å². The van der Waals surface area contributed by atoms with Gasteiger partial charge in [0.1, 0.15) is 0 Å². The van der Waals surface area contributed by atoms with E-state index in [1.54, 1.807) is 24.7 Å². The van der Waals surface area contributed by atoms with Crippen molar-refractivity contribution in [1.29, 1.82) is 0 Å². The third-order valence-corrected chi connectivity index (χ3v) is 2.96. The molecule has 4 nitrogen and oxygen atoms in total. The number of nitrogens with one attached hydrogen (secondary N) is 1. The first kappa shape index (κ1) is 13.5. The molecule has 0 radical (unpaired) electrons. The number of rotatable bonds is 4. The van der Waals surface area contributed by atoms with Gasteiger partial charge in [0.05, 0.1) is 10.6 Å². The van der Waals surface area contributed by atoms with Crippen LogP contribution in [0.15, 0.2) is 43.0 Å². The number of pyridine rings is 2. The summed E-state index contributed by atoms with van der Waals surface area (Å²) in [5.41, 5.74) is 1.52. The van der Waals surface area contributed by atoms with Gasteiger partial charge in [-0.2, -0.15) is 0 Å². The Labute approximate surface area is 116 Å². The van der Waals surface area contributed by atoms with Gasteiger partial charge in [-0.15, -0.1) is 0 Å². The van der Waals surface area contributed by atoms with E-state index in [4.69, 9.17) is 11.6 Å². The Bertz CT molecular complexity index is 560. The van der Waals surface area contributed by atoms with Crippen molar-refractivity contribution >= 4 is 17.5 Å². The molecular weight excluding hydrogens is 262 g/mol. The zero-order valence-corrected chi connectivity index (χ0v) is 11.3. The van der Waals surface area contributed by atoms with E-state index in [2.05, 4.69) is 15.3 Å². The Morgan fingerprint density at radius 3 is 2.79 bits per heavy atom. The minimum Gasteiger partial charge on any atom is -0.349 e. The van der Waals surface area contributed by atoms with Gasteiger partial charge in [0.25, 0.3) is 5.91 Å². The molecule has 1 amide bonds. The summed E-state index contributed by atoms with van der Waals surface area (Å²) < 4.78 is 0. The minimum atomic E-state index is -0.191. The first-order chi connectivity index (χ1) is 9.16. The van der Waals surface area contributed by atoms with Gasteiger partial charge in [-0.25, -0.2) is 0 Å². The summed E-state index contributed by atoms with van der Waals surface area (Å²) in [5.74, 6) is -0.191. The summed E-state index contributed by atoms with van der Waals surface area (Å²) in [6.07, 6.45) is 7.25. The van der Waals surface area contributed by atoms with Gasteiger partial charge < -0.3 is 5.32 Å². The highest BCUT2D eigenvalue weighted by atomic mass is 35.5. The number of nitrogens with zero attached hydrogens (tertiary/aromatic N) is 2. The topological polar surface area (TPSA) is 54.9 Å². The molecule has 2 heterocycles. The van der Waals surface area contributed by atoms with E-state index in [-0.39, 0.29) is 11.9 Å². The summed E-state index contributed by atoms with van der Waals surface area (Å²) in [6, 6.07) is 5.47. The van der Waals surface area contributed by atoms with Crippen molar-refractivity contribution in [3.63, 3.8) is 0 Å². The molecule has 0 bridgehead atoms. The fourth-order valence-electron chi connectivity index (χ4n) is 1.78. The number of halogens is 1. The fraction of sp³-hybridized carbons (Fsp3) is 0.214. The second-order valence-electron chi connectivity index (χ2n) is 4.30. The van der Waals surface area contributed by atoms with Crippen LogP contribution >= 0.6 is 11.6 Å². The second-order valence-corrected chi connectivity index (χ2v) is 4.70. The smallest absolute Gasteiger partial charge is 0.253 e. The quantitative estimate of drug-likeness (QED) is 0.933. The number of aromatic nitrogens is 2. The van der Waals surface area contributed by atoms with Crippen LogP contribution in [0.25, 0.3) is 0 Å². The third-order valence-electron chi connectivity index (χ3n) is 2.66. The van der Waals surface area contributed by atoms with Crippen molar-refractivity contribution in [3.05, 3.63) is 59.1 Å². The van der Waals surface area contributed by atoms with Crippen LogP contribution in [0.5, 0.6) is 0 Å². The highest BCUT2D eigenvalue weighted by molar-refractivity contribution is 6.33. The highest BCUT2D eigenvalue weighted by Crippen LogP contribution is 2.13. The van der Waals surface area contributed by atoms with Crippen LogP contribution < -0.4 is 5.32 Å². The molecule has 19 heavy (non-hydrogen) atoms. The molecule has 2 aromatic heterocycles. The van der Waals surface area contributed by atoms with E-state index in [1.807, 2.05) is 19.1 Å². The van der Waals surface area contributed by atoms with Crippen molar-refractivity contribution in [2.75, 3.05) is 0 Å². The van der Waals surface area contributed by atoms with Gasteiger partial charge in [0, 0.05) is 30.8 Å². The number of hydrogen-bond acceptors (Lipinski definition) is 3. The van der Waals surface area contributed by atoms with Gasteiger partial charge in [-0.1, -0.05) is 17.7 Å². The molecule has 98 valence electrons. The molecule has 0 fully saturated rings. The lowest BCUT2D eigenvalue weighted by molar-refractivity contribution is 0.0940. The summed E-state index contributed by atoms with van der Waals surface area (Å²) in [5, 5.41) is 3.26. The van der Waals surface area contributed by atoms with E-state index < -0.39 is 0 Å². The molecule has 1 unspecified atom stereocenters. The average Bonchev–Trinajstić information content (AvgIpc) is 2.40. The van der Waals surface area contributed by atoms with Crippen LogP contribution in [0.3, 0.4) is 0 Å². The molecule has 0 spiro atoms. The maximum absolute atomic E-state index is 12.0. The van der Waals surface area contributed by atoms with Crippen LogP contribution in [-0.2, 0) is 6.42 Å². The molecule has 2 rings (SSSR count). The Morgan fingerprint density at radius 1 is 1.32 bits per heavy atom. The standard InChI is InChI=1S/C14H14ClN3O/c1-10(7-11-3-2-5-16-8-11)18-14(19)12-4-6-17-9-13(12)15/h2-6,8-10H,7H2,1H3,(H,18,19). The third kappa shape index (κ3) is 3.76. The van der Waals surface area contributed by atoms with Crippen molar-refractivity contribution in [2.24, 2.45) is 0 Å². The van der Waals surface area contributed by atoms with Gasteiger partial charge in [-0.05, 0) is 31.0 Å². The lowest BCUT2D eigenvalue weighted by Crippen LogP contribution is -2.34. The maximum Gasteiger partial charge on any atom is 0.253 e. The van der Waals surface area contributed by atoms with Crippen LogP contribution in [0.2, 0.25) is 5.02 Å². The van der Waals surface area contributed by atoms with E-state index >= 15 is 0 Å². The number of amides is 1. The zero-order chi connectivity index (χ0) is 13.7.